The summed E-state index contributed by atoms with van der Waals surface area (Å²) in [4.78, 5) is 12.4. The zero-order chi connectivity index (χ0) is 17.8. The van der Waals surface area contributed by atoms with Crippen LogP contribution in [0.5, 0.6) is 17.2 Å². The van der Waals surface area contributed by atoms with Gasteiger partial charge in [-0.3, -0.25) is 8.98 Å². The molecule has 1 heterocycles. The van der Waals surface area contributed by atoms with Crippen LogP contribution in [0, 0.1) is 0 Å². The number of benzene rings is 2. The fraction of sp³-hybridized carbons (Fsp3) is 0.188. The Morgan fingerprint density at radius 2 is 1.96 bits per heavy atom. The van der Waals surface area contributed by atoms with E-state index in [1.54, 1.807) is 30.3 Å². The van der Waals surface area contributed by atoms with Gasteiger partial charge in [-0.05, 0) is 30.3 Å². The van der Waals surface area contributed by atoms with E-state index in [0.29, 0.717) is 34.2 Å². The van der Waals surface area contributed by atoms with Crippen molar-refractivity contribution in [3.63, 3.8) is 0 Å². The lowest BCUT2D eigenvalue weighted by Crippen LogP contribution is -2.11. The fourth-order valence-corrected chi connectivity index (χ4v) is 2.63. The van der Waals surface area contributed by atoms with Gasteiger partial charge in [0.15, 0.2) is 22.4 Å². The summed E-state index contributed by atoms with van der Waals surface area (Å²) in [5, 5.41) is 2.77. The number of nitrogens with one attached hydrogen (secondary N) is 1. The van der Waals surface area contributed by atoms with Crippen molar-refractivity contribution in [1.82, 2.24) is 0 Å². The van der Waals surface area contributed by atoms with Crippen LogP contribution >= 0.6 is 0 Å². The van der Waals surface area contributed by atoms with Crippen molar-refractivity contribution in [2.45, 2.75) is 0 Å². The van der Waals surface area contributed by atoms with E-state index in [9.17, 15) is 9.00 Å². The minimum absolute atomic E-state index is 0.165. The van der Waals surface area contributed by atoms with E-state index in [4.69, 9.17) is 14.2 Å². The van der Waals surface area contributed by atoms with Crippen LogP contribution in [0.1, 0.15) is 10.4 Å². The number of carbonyl (C=O) groups is 1. The first-order chi connectivity index (χ1) is 12.1. The highest BCUT2D eigenvalue weighted by Gasteiger charge is 2.15. The second-order valence-electron chi connectivity index (χ2n) is 4.93. The Bertz CT molecular complexity index is 892. The summed E-state index contributed by atoms with van der Waals surface area (Å²) in [6.07, 6.45) is 0. The number of methoxy groups -OCH3 is 1. The molecular formula is C16H16N2O6S. The average molecular weight is 364 g/mol. The number of fused-ring (bicyclic) bond motifs is 1. The first-order valence-corrected chi connectivity index (χ1v) is 8.36. The fourth-order valence-electron chi connectivity index (χ4n) is 2.21. The number of rotatable bonds is 5. The Labute approximate surface area is 146 Å². The summed E-state index contributed by atoms with van der Waals surface area (Å²) in [6, 6.07) is 9.74. The number of carbonyl (C=O) groups excluding carboxylic acids is 1. The van der Waals surface area contributed by atoms with Gasteiger partial charge in [-0.1, -0.05) is 0 Å². The molecule has 9 heteroatoms. The number of nitrogens with zero attached hydrogens (tertiary/aromatic N) is 1. The number of anilines is 1. The molecule has 0 bridgehead atoms. The lowest BCUT2D eigenvalue weighted by atomic mass is 10.1. The highest BCUT2D eigenvalue weighted by Crippen LogP contribution is 2.34. The van der Waals surface area contributed by atoms with E-state index in [0.717, 1.165) is 0 Å². The third kappa shape index (κ3) is 3.83. The maximum absolute atomic E-state index is 12.4. The van der Waals surface area contributed by atoms with Crippen LogP contribution in [0.4, 0.5) is 11.4 Å². The van der Waals surface area contributed by atoms with Crippen LogP contribution in [-0.4, -0.2) is 31.1 Å². The Kier molecular flexibility index (Phi) is 5.05. The van der Waals surface area contributed by atoms with Gasteiger partial charge in [0.25, 0.3) is 5.91 Å². The maximum atomic E-state index is 12.4. The van der Waals surface area contributed by atoms with Gasteiger partial charge in [0.1, 0.15) is 11.4 Å². The highest BCUT2D eigenvalue weighted by atomic mass is 32.2. The van der Waals surface area contributed by atoms with Crippen LogP contribution in [0.2, 0.25) is 0 Å². The van der Waals surface area contributed by atoms with Gasteiger partial charge < -0.3 is 19.5 Å². The van der Waals surface area contributed by atoms with Gasteiger partial charge in [0.2, 0.25) is 6.79 Å². The molecule has 1 aliphatic heterocycles. The zero-order valence-electron chi connectivity index (χ0n) is 13.5. The largest absolute Gasteiger partial charge is 0.494 e. The molecule has 0 saturated carbocycles. The van der Waals surface area contributed by atoms with Crippen LogP contribution < -0.4 is 19.5 Å². The molecule has 0 fully saturated rings. The second kappa shape index (κ2) is 7.41. The molecule has 0 spiro atoms. The third-order valence-electron chi connectivity index (χ3n) is 3.42. The second-order valence-corrected chi connectivity index (χ2v) is 5.97. The minimum Gasteiger partial charge on any atom is -0.494 e. The summed E-state index contributed by atoms with van der Waals surface area (Å²) in [5.41, 5.74) is 1.27. The van der Waals surface area contributed by atoms with Gasteiger partial charge in [0.05, 0.1) is 14.2 Å². The monoisotopic (exact) mass is 364 g/mol. The van der Waals surface area contributed by atoms with Crippen molar-refractivity contribution in [3.8, 4) is 17.2 Å². The van der Waals surface area contributed by atoms with Crippen LogP contribution in [-0.2, 0) is 15.1 Å². The van der Waals surface area contributed by atoms with E-state index < -0.39 is 10.9 Å². The molecule has 132 valence electrons. The van der Waals surface area contributed by atoms with Gasteiger partial charge >= 0.3 is 0 Å². The molecule has 2 aromatic carbocycles. The molecule has 0 saturated heterocycles. The molecule has 1 atom stereocenters. The topological polar surface area (TPSA) is 95.5 Å². The summed E-state index contributed by atoms with van der Waals surface area (Å²) in [6.45, 7) is 0.165. The lowest BCUT2D eigenvalue weighted by molar-refractivity contribution is 0.102. The van der Waals surface area contributed by atoms with Gasteiger partial charge in [-0.2, -0.15) is 4.36 Å². The quantitative estimate of drug-likeness (QED) is 0.792. The highest BCUT2D eigenvalue weighted by molar-refractivity contribution is 7.69. The lowest BCUT2D eigenvalue weighted by Gasteiger charge is -2.09. The molecule has 8 nitrogen and oxygen atoms in total. The standard InChI is InChI=1S/C16H16N2O6S/c1-21-14-7-10(3-5-12(14)18-25(20)22-2)16(19)17-11-4-6-13-15(8-11)24-9-23-13/h3-8,25H,9H2,1-2H3,(H,17,19). The summed E-state index contributed by atoms with van der Waals surface area (Å²) < 4.78 is 35.6. The van der Waals surface area contributed by atoms with E-state index >= 15 is 0 Å². The van der Waals surface area contributed by atoms with Crippen LogP contribution in [0.25, 0.3) is 0 Å². The van der Waals surface area contributed by atoms with Gasteiger partial charge in [0, 0.05) is 17.3 Å². The summed E-state index contributed by atoms with van der Waals surface area (Å²) >= 11 is 0. The Balaban J connectivity index is 1.81. The molecule has 25 heavy (non-hydrogen) atoms. The minimum atomic E-state index is -2.18. The van der Waals surface area contributed by atoms with Crippen molar-refractivity contribution in [2.75, 3.05) is 26.3 Å². The van der Waals surface area contributed by atoms with E-state index in [1.807, 2.05) is 0 Å². The maximum Gasteiger partial charge on any atom is 0.255 e. The molecule has 0 radical (unpaired) electrons. The summed E-state index contributed by atoms with van der Waals surface area (Å²) in [7, 11) is 0.556. The number of thiol groups is 1. The molecule has 0 aromatic heterocycles. The van der Waals surface area contributed by atoms with Crippen LogP contribution in [0.15, 0.2) is 40.8 Å². The molecule has 2 aromatic rings. The molecular weight excluding hydrogens is 348 g/mol. The smallest absolute Gasteiger partial charge is 0.255 e. The normalized spacial score (nSPS) is 13.5. The molecule has 1 aliphatic rings. The zero-order valence-corrected chi connectivity index (χ0v) is 14.4. The predicted octanol–water partition coefficient (Wildman–Crippen LogP) is 2.53. The van der Waals surface area contributed by atoms with E-state index in [1.165, 1.54) is 20.3 Å². The Morgan fingerprint density at radius 1 is 1.16 bits per heavy atom. The average Bonchev–Trinajstić information content (AvgIpc) is 3.09. The van der Waals surface area contributed by atoms with Gasteiger partial charge in [-0.15, -0.1) is 0 Å². The molecule has 1 unspecified atom stereocenters. The first kappa shape index (κ1) is 17.1. The van der Waals surface area contributed by atoms with Crippen molar-refractivity contribution < 1.29 is 27.4 Å². The van der Waals surface area contributed by atoms with Crippen molar-refractivity contribution >= 4 is 28.2 Å². The Morgan fingerprint density at radius 3 is 2.72 bits per heavy atom. The van der Waals surface area contributed by atoms with Crippen molar-refractivity contribution in [2.24, 2.45) is 4.36 Å². The van der Waals surface area contributed by atoms with Gasteiger partial charge in [-0.25, -0.2) is 4.21 Å². The summed E-state index contributed by atoms with van der Waals surface area (Å²) in [5.74, 6) is 1.20. The van der Waals surface area contributed by atoms with Crippen LogP contribution in [0.3, 0.4) is 0 Å². The molecule has 0 aliphatic carbocycles. The van der Waals surface area contributed by atoms with E-state index in [-0.39, 0.29) is 12.7 Å². The molecule has 1 N–H and O–H groups in total. The third-order valence-corrected chi connectivity index (χ3v) is 4.11. The SMILES string of the molecule is COc1cc(C(=O)Nc2ccc3c(c2)OCO3)ccc1N=[SH](=O)OC. The number of amides is 1. The van der Waals surface area contributed by atoms with E-state index in [2.05, 4.69) is 13.9 Å². The first-order valence-electron chi connectivity index (χ1n) is 7.23. The van der Waals surface area contributed by atoms with Crippen molar-refractivity contribution in [1.29, 1.82) is 0 Å². The molecule has 1 amide bonds. The Hall–Kier alpha value is -2.78. The number of ether oxygens (including phenoxy) is 3. The predicted molar refractivity (Wildman–Crippen MR) is 92.1 cm³/mol. The molecule has 3 rings (SSSR count). The van der Waals surface area contributed by atoms with Crippen molar-refractivity contribution in [3.05, 3.63) is 42.0 Å². The number of hydrogen-bond donors (Lipinski definition) is 2. The number of hydrogen-bond acceptors (Lipinski definition) is 7.